The molecule has 2 aromatic heterocycles. The van der Waals surface area contributed by atoms with Crippen molar-refractivity contribution in [2.75, 3.05) is 32.0 Å². The van der Waals surface area contributed by atoms with Crippen molar-refractivity contribution < 1.29 is 19.0 Å². The lowest BCUT2D eigenvalue weighted by Gasteiger charge is -2.30. The summed E-state index contributed by atoms with van der Waals surface area (Å²) < 4.78 is 18.2. The molecule has 4 rings (SSSR count). The third-order valence-electron chi connectivity index (χ3n) is 4.99. The molecule has 1 aliphatic heterocycles. The first-order valence-corrected chi connectivity index (χ1v) is 9.46. The number of nitrogens with one attached hydrogen (secondary N) is 2. The molecule has 10 heteroatoms. The Morgan fingerprint density at radius 2 is 1.87 bits per heavy atom. The van der Waals surface area contributed by atoms with E-state index in [-0.39, 0.29) is 5.91 Å². The van der Waals surface area contributed by atoms with Gasteiger partial charge in [0, 0.05) is 23.5 Å². The minimum absolute atomic E-state index is 0.305. The zero-order chi connectivity index (χ0) is 22.0. The predicted octanol–water partition coefficient (Wildman–Crippen LogP) is 2.63. The molecule has 31 heavy (non-hydrogen) atoms. The Morgan fingerprint density at radius 3 is 2.55 bits per heavy atom. The van der Waals surface area contributed by atoms with Crippen molar-refractivity contribution in [3.05, 3.63) is 59.8 Å². The third-order valence-corrected chi connectivity index (χ3v) is 4.99. The molecule has 1 atom stereocenters. The molecule has 2 N–H and O–H groups in total. The summed E-state index contributed by atoms with van der Waals surface area (Å²) in [6.07, 6.45) is 4.65. The van der Waals surface area contributed by atoms with Crippen LogP contribution in [0.1, 0.15) is 18.5 Å². The van der Waals surface area contributed by atoms with Gasteiger partial charge < -0.3 is 24.8 Å². The Bertz CT molecular complexity index is 1140. The molecule has 0 saturated carbocycles. The van der Waals surface area contributed by atoms with Crippen molar-refractivity contribution in [1.29, 1.82) is 0 Å². The van der Waals surface area contributed by atoms with Gasteiger partial charge in [0.05, 0.1) is 38.8 Å². The van der Waals surface area contributed by atoms with Crippen molar-refractivity contribution in [2.24, 2.45) is 0 Å². The molecule has 1 aromatic carbocycles. The summed E-state index contributed by atoms with van der Waals surface area (Å²) in [6, 6.07) is 6.40. The first kappa shape index (κ1) is 20.2. The average Bonchev–Trinajstić information content (AvgIpc) is 3.25. The topological polar surface area (TPSA) is 112 Å². The number of aromatic nitrogens is 4. The van der Waals surface area contributed by atoms with Crippen molar-refractivity contribution in [2.45, 2.75) is 13.0 Å². The van der Waals surface area contributed by atoms with Crippen LogP contribution in [0.25, 0.3) is 0 Å². The molecular formula is C21H22N6O4. The lowest BCUT2D eigenvalue weighted by atomic mass is 9.93. The van der Waals surface area contributed by atoms with E-state index in [4.69, 9.17) is 14.2 Å². The maximum Gasteiger partial charge on any atom is 0.255 e. The zero-order valence-electron chi connectivity index (χ0n) is 17.5. The van der Waals surface area contributed by atoms with Gasteiger partial charge in [0.25, 0.3) is 5.91 Å². The van der Waals surface area contributed by atoms with Gasteiger partial charge >= 0.3 is 0 Å². The molecule has 0 fully saturated rings. The molecule has 160 valence electrons. The zero-order valence-corrected chi connectivity index (χ0v) is 17.5. The molecule has 3 aromatic rings. The van der Waals surface area contributed by atoms with Gasteiger partial charge in [0.1, 0.15) is 18.1 Å². The van der Waals surface area contributed by atoms with E-state index in [1.807, 2.05) is 6.92 Å². The van der Waals surface area contributed by atoms with Gasteiger partial charge in [0.2, 0.25) is 5.95 Å². The van der Waals surface area contributed by atoms with Crippen LogP contribution in [0, 0.1) is 0 Å². The van der Waals surface area contributed by atoms with Crippen LogP contribution in [0.4, 0.5) is 11.6 Å². The normalized spacial score (nSPS) is 15.0. The SMILES string of the molecule is COc1cc(OC)c([C@@H]2C(C(=O)Nc3cccnc3)=C(C)Nc3ncnn32)cc1OC. The Hall–Kier alpha value is -4.08. The molecule has 0 radical (unpaired) electrons. The Kier molecular flexibility index (Phi) is 5.44. The third kappa shape index (κ3) is 3.63. The van der Waals surface area contributed by atoms with Crippen LogP contribution in [0.3, 0.4) is 0 Å². The van der Waals surface area contributed by atoms with Gasteiger partial charge in [-0.05, 0) is 25.1 Å². The summed E-state index contributed by atoms with van der Waals surface area (Å²) in [5.41, 5.74) is 2.34. The highest BCUT2D eigenvalue weighted by molar-refractivity contribution is 6.06. The van der Waals surface area contributed by atoms with Crippen molar-refractivity contribution in [3.8, 4) is 17.2 Å². The minimum Gasteiger partial charge on any atom is -0.496 e. The molecule has 0 unspecified atom stereocenters. The van der Waals surface area contributed by atoms with Gasteiger partial charge in [0.15, 0.2) is 11.5 Å². The van der Waals surface area contributed by atoms with Gasteiger partial charge in [-0.3, -0.25) is 9.78 Å². The summed E-state index contributed by atoms with van der Waals surface area (Å²) in [6.45, 7) is 1.82. The number of carbonyl (C=O) groups is 1. The Morgan fingerprint density at radius 1 is 1.13 bits per heavy atom. The number of ether oxygens (including phenoxy) is 3. The molecule has 1 aliphatic rings. The lowest BCUT2D eigenvalue weighted by Crippen LogP contribution is -2.31. The fourth-order valence-electron chi connectivity index (χ4n) is 3.57. The lowest BCUT2D eigenvalue weighted by molar-refractivity contribution is -0.113. The van der Waals surface area contributed by atoms with Crippen LogP contribution in [0.15, 0.2) is 54.3 Å². The van der Waals surface area contributed by atoms with E-state index in [0.29, 0.717) is 45.7 Å². The van der Waals surface area contributed by atoms with Crippen LogP contribution in [0.5, 0.6) is 17.2 Å². The van der Waals surface area contributed by atoms with Crippen molar-refractivity contribution >= 4 is 17.5 Å². The number of rotatable bonds is 6. The number of carbonyl (C=O) groups excluding carboxylic acids is 1. The first-order valence-electron chi connectivity index (χ1n) is 9.46. The predicted molar refractivity (Wildman–Crippen MR) is 113 cm³/mol. The maximum absolute atomic E-state index is 13.4. The smallest absolute Gasteiger partial charge is 0.255 e. The molecule has 3 heterocycles. The molecule has 0 bridgehead atoms. The van der Waals surface area contributed by atoms with Crippen LogP contribution in [0.2, 0.25) is 0 Å². The summed E-state index contributed by atoms with van der Waals surface area (Å²) in [4.78, 5) is 21.7. The monoisotopic (exact) mass is 422 g/mol. The number of amides is 1. The number of fused-ring (bicyclic) bond motifs is 1. The second-order valence-electron chi connectivity index (χ2n) is 6.74. The molecule has 0 aliphatic carbocycles. The van der Waals surface area contributed by atoms with Crippen LogP contribution in [-0.4, -0.2) is 47.0 Å². The van der Waals surface area contributed by atoms with Gasteiger partial charge in [-0.15, -0.1) is 0 Å². The van der Waals surface area contributed by atoms with E-state index in [1.165, 1.54) is 6.33 Å². The number of allylic oxidation sites excluding steroid dienone is 1. The second-order valence-corrected chi connectivity index (χ2v) is 6.74. The number of methoxy groups -OCH3 is 3. The number of anilines is 2. The standard InChI is InChI=1S/C21H22N6O4/c1-12-18(20(28)26-13-6-5-7-22-10-13)19(27-21(25-12)23-11-24-27)14-8-16(30-3)17(31-4)9-15(14)29-2/h5-11,19H,1-4H3,(H,26,28)(H,23,24,25)/t19-/m1/s1. The van der Waals surface area contributed by atoms with Crippen LogP contribution >= 0.6 is 0 Å². The maximum atomic E-state index is 13.4. The summed E-state index contributed by atoms with van der Waals surface area (Å²) >= 11 is 0. The molecule has 10 nitrogen and oxygen atoms in total. The average molecular weight is 422 g/mol. The summed E-state index contributed by atoms with van der Waals surface area (Å²) in [7, 11) is 4.66. The number of hydrogen-bond acceptors (Lipinski definition) is 8. The number of benzene rings is 1. The molecule has 0 spiro atoms. The molecular weight excluding hydrogens is 400 g/mol. The fraction of sp³-hybridized carbons (Fsp3) is 0.238. The van der Waals surface area contributed by atoms with E-state index in [2.05, 4.69) is 25.7 Å². The van der Waals surface area contributed by atoms with Crippen molar-refractivity contribution in [3.63, 3.8) is 0 Å². The largest absolute Gasteiger partial charge is 0.496 e. The highest BCUT2D eigenvalue weighted by Gasteiger charge is 2.36. The number of nitrogens with zero attached hydrogens (tertiary/aromatic N) is 4. The van der Waals surface area contributed by atoms with Crippen molar-refractivity contribution in [1.82, 2.24) is 19.7 Å². The van der Waals surface area contributed by atoms with Gasteiger partial charge in [-0.1, -0.05) is 0 Å². The van der Waals surface area contributed by atoms with Gasteiger partial charge in [-0.25, -0.2) is 4.68 Å². The van der Waals surface area contributed by atoms with E-state index in [1.54, 1.807) is 62.7 Å². The number of hydrogen-bond donors (Lipinski definition) is 2. The van der Waals surface area contributed by atoms with E-state index < -0.39 is 6.04 Å². The summed E-state index contributed by atoms with van der Waals surface area (Å²) in [5.74, 6) is 1.74. The highest BCUT2D eigenvalue weighted by atomic mass is 16.5. The molecule has 1 amide bonds. The first-order chi connectivity index (χ1) is 15.1. The fourth-order valence-corrected chi connectivity index (χ4v) is 3.57. The number of pyridine rings is 1. The minimum atomic E-state index is -0.620. The highest BCUT2D eigenvalue weighted by Crippen LogP contribution is 2.43. The van der Waals surface area contributed by atoms with E-state index >= 15 is 0 Å². The van der Waals surface area contributed by atoms with E-state index in [9.17, 15) is 4.79 Å². The molecule has 0 saturated heterocycles. The van der Waals surface area contributed by atoms with Crippen LogP contribution < -0.4 is 24.8 Å². The second kappa shape index (κ2) is 8.34. The Labute approximate surface area is 178 Å². The Balaban J connectivity index is 1.86. The van der Waals surface area contributed by atoms with Gasteiger partial charge in [-0.2, -0.15) is 10.1 Å². The summed E-state index contributed by atoms with van der Waals surface area (Å²) in [5, 5.41) is 10.4. The van der Waals surface area contributed by atoms with E-state index in [0.717, 1.165) is 0 Å². The quantitative estimate of drug-likeness (QED) is 0.623. The van der Waals surface area contributed by atoms with Crippen LogP contribution in [-0.2, 0) is 4.79 Å².